The molecule has 0 aliphatic heterocycles. The fourth-order valence-electron chi connectivity index (χ4n) is 6.71. The molecule has 2 aliphatic carbocycles. The average Bonchev–Trinajstić information content (AvgIpc) is 2.86. The van der Waals surface area contributed by atoms with Crippen LogP contribution in [0.2, 0.25) is 0 Å². The van der Waals surface area contributed by atoms with Crippen LogP contribution in [0.5, 0.6) is 0 Å². The summed E-state index contributed by atoms with van der Waals surface area (Å²) in [7, 11) is 0. The molecule has 1 aromatic carbocycles. The van der Waals surface area contributed by atoms with Gasteiger partial charge in [0.2, 0.25) is 0 Å². The van der Waals surface area contributed by atoms with Crippen molar-refractivity contribution in [3.8, 4) is 0 Å². The summed E-state index contributed by atoms with van der Waals surface area (Å²) in [6.07, 6.45) is 12.1. The normalized spacial score (nSPS) is 19.1. The Bertz CT molecular complexity index is 953. The molecule has 0 saturated heterocycles. The van der Waals surface area contributed by atoms with Crippen LogP contribution in [0.25, 0.3) is 0 Å². The van der Waals surface area contributed by atoms with Crippen LogP contribution in [-0.4, -0.2) is 23.1 Å². The Morgan fingerprint density at radius 3 is 2.21 bits per heavy atom. The Hall–Kier alpha value is -2.10. The number of rotatable bonds is 12. The summed E-state index contributed by atoms with van der Waals surface area (Å²) in [4.78, 5) is 50.5. The third-order valence-electron chi connectivity index (χ3n) is 8.49. The van der Waals surface area contributed by atoms with Crippen molar-refractivity contribution < 1.29 is 19.2 Å². The molecule has 0 bridgehead atoms. The van der Waals surface area contributed by atoms with Crippen molar-refractivity contribution in [3.63, 3.8) is 0 Å². The number of fused-ring (bicyclic) bond motifs is 1. The van der Waals surface area contributed by atoms with E-state index in [1.165, 1.54) is 19.8 Å². The van der Waals surface area contributed by atoms with Crippen LogP contribution in [0.4, 0.5) is 0 Å². The molecule has 4 heteroatoms. The average molecular weight is 525 g/mol. The van der Waals surface area contributed by atoms with Crippen LogP contribution in [0.1, 0.15) is 139 Å². The van der Waals surface area contributed by atoms with Gasteiger partial charge in [-0.25, -0.2) is 0 Å². The predicted molar refractivity (Wildman–Crippen MR) is 156 cm³/mol. The number of hydrogen-bond donors (Lipinski definition) is 0. The number of ketones is 4. The second-order valence-corrected chi connectivity index (χ2v) is 11.9. The van der Waals surface area contributed by atoms with Gasteiger partial charge >= 0.3 is 0 Å². The number of benzene rings is 1. The van der Waals surface area contributed by atoms with Gasteiger partial charge in [-0.05, 0) is 74.5 Å². The zero-order valence-electron chi connectivity index (χ0n) is 25.0. The topological polar surface area (TPSA) is 68.3 Å². The van der Waals surface area contributed by atoms with E-state index in [9.17, 15) is 19.2 Å². The van der Waals surface area contributed by atoms with Crippen molar-refractivity contribution in [1.29, 1.82) is 0 Å². The van der Waals surface area contributed by atoms with Gasteiger partial charge in [-0.2, -0.15) is 0 Å². The van der Waals surface area contributed by atoms with Crippen molar-refractivity contribution in [2.75, 3.05) is 0 Å². The zero-order chi connectivity index (χ0) is 28.2. The monoisotopic (exact) mass is 524 g/mol. The summed E-state index contributed by atoms with van der Waals surface area (Å²) in [5.74, 6) is 1.01. The molecule has 0 amide bonds. The second kappa shape index (κ2) is 16.1. The van der Waals surface area contributed by atoms with Crippen LogP contribution in [0, 0.1) is 30.6 Å². The highest BCUT2D eigenvalue weighted by Crippen LogP contribution is 2.37. The van der Waals surface area contributed by atoms with Gasteiger partial charge in [0.05, 0.1) is 6.42 Å². The minimum atomic E-state index is -0.106. The van der Waals surface area contributed by atoms with E-state index in [-0.39, 0.29) is 47.4 Å². The molecule has 3 atom stereocenters. The van der Waals surface area contributed by atoms with Gasteiger partial charge in [0.15, 0.2) is 5.78 Å². The third kappa shape index (κ3) is 8.99. The molecule has 2 aliphatic rings. The summed E-state index contributed by atoms with van der Waals surface area (Å²) >= 11 is 0. The molecular weight excluding hydrogens is 472 g/mol. The summed E-state index contributed by atoms with van der Waals surface area (Å²) in [6, 6.07) is 4.14. The fourth-order valence-corrected chi connectivity index (χ4v) is 6.71. The first-order valence-corrected chi connectivity index (χ1v) is 15.4. The molecule has 0 aromatic heterocycles. The van der Waals surface area contributed by atoms with Crippen LogP contribution in [0.15, 0.2) is 12.1 Å². The minimum absolute atomic E-state index is 0.0205. The number of carbonyl (C=O) groups excluding carboxylic acids is 4. The van der Waals surface area contributed by atoms with Gasteiger partial charge in [0, 0.05) is 30.2 Å². The van der Waals surface area contributed by atoms with Crippen LogP contribution in [-0.2, 0) is 27.2 Å². The van der Waals surface area contributed by atoms with Crippen molar-refractivity contribution >= 4 is 23.1 Å². The Morgan fingerprint density at radius 1 is 0.974 bits per heavy atom. The van der Waals surface area contributed by atoms with E-state index in [1.807, 2.05) is 13.8 Å². The highest BCUT2D eigenvalue weighted by molar-refractivity contribution is 6.01. The Labute approximate surface area is 231 Å². The molecule has 0 spiro atoms. The van der Waals surface area contributed by atoms with Crippen molar-refractivity contribution in [2.45, 2.75) is 131 Å². The molecule has 0 radical (unpaired) electrons. The fraction of sp³-hybridized carbons (Fsp3) is 0.706. The molecule has 1 fully saturated rings. The first-order valence-electron chi connectivity index (χ1n) is 15.4. The predicted octanol–water partition coefficient (Wildman–Crippen LogP) is 8.23. The molecule has 0 N–H and O–H groups in total. The lowest BCUT2D eigenvalue weighted by Gasteiger charge is -2.32. The largest absolute Gasteiger partial charge is 0.300 e. The lowest BCUT2D eigenvalue weighted by atomic mass is 9.71. The zero-order valence-corrected chi connectivity index (χ0v) is 25.0. The van der Waals surface area contributed by atoms with E-state index in [0.29, 0.717) is 18.6 Å². The van der Waals surface area contributed by atoms with E-state index < -0.39 is 0 Å². The Morgan fingerprint density at radius 2 is 1.63 bits per heavy atom. The third-order valence-corrected chi connectivity index (χ3v) is 8.49. The minimum Gasteiger partial charge on any atom is -0.300 e. The highest BCUT2D eigenvalue weighted by atomic mass is 16.1. The number of carbonyl (C=O) groups is 4. The van der Waals surface area contributed by atoms with E-state index in [1.54, 1.807) is 0 Å². The van der Waals surface area contributed by atoms with Crippen LogP contribution < -0.4 is 0 Å². The Balaban J connectivity index is 0.00000161. The molecule has 0 heterocycles. The number of Topliss-reactive ketones (excluding diaryl/α,β-unsaturated/α-hetero) is 4. The molecule has 3 unspecified atom stereocenters. The maximum atomic E-state index is 13.3. The summed E-state index contributed by atoms with van der Waals surface area (Å²) in [6.45, 7) is 11.9. The Kier molecular flexibility index (Phi) is 13.6. The molecule has 3 rings (SSSR count). The van der Waals surface area contributed by atoms with Crippen molar-refractivity contribution in [1.82, 2.24) is 0 Å². The van der Waals surface area contributed by atoms with Gasteiger partial charge in [-0.3, -0.25) is 19.2 Å². The van der Waals surface area contributed by atoms with Gasteiger partial charge in [0.25, 0.3) is 0 Å². The van der Waals surface area contributed by atoms with E-state index >= 15 is 0 Å². The van der Waals surface area contributed by atoms with Crippen LogP contribution >= 0.6 is 0 Å². The van der Waals surface area contributed by atoms with Crippen molar-refractivity contribution in [2.24, 2.45) is 23.7 Å². The SMILES string of the molecule is CCC.CCCC(CC1CC(=O)c2c(ccc(CC(=O)C3CCCCC3)c2C)C1)C(CC)C(=O)CC(C)=O. The van der Waals surface area contributed by atoms with Gasteiger partial charge in [-0.15, -0.1) is 0 Å². The summed E-state index contributed by atoms with van der Waals surface area (Å²) in [5.41, 5.74) is 3.93. The molecule has 212 valence electrons. The van der Waals surface area contributed by atoms with Gasteiger partial charge < -0.3 is 0 Å². The maximum Gasteiger partial charge on any atom is 0.163 e. The molecular formula is C34H52O4. The lowest BCUT2D eigenvalue weighted by Crippen LogP contribution is -2.30. The molecule has 1 saturated carbocycles. The summed E-state index contributed by atoms with van der Waals surface area (Å²) < 4.78 is 0. The van der Waals surface area contributed by atoms with Crippen LogP contribution in [0.3, 0.4) is 0 Å². The molecule has 1 aromatic rings. The second-order valence-electron chi connectivity index (χ2n) is 11.9. The maximum absolute atomic E-state index is 13.3. The smallest absolute Gasteiger partial charge is 0.163 e. The van der Waals surface area contributed by atoms with Gasteiger partial charge in [0.1, 0.15) is 17.3 Å². The first kappa shape index (κ1) is 32.1. The molecule has 38 heavy (non-hydrogen) atoms. The summed E-state index contributed by atoms with van der Waals surface area (Å²) in [5, 5.41) is 0. The first-order chi connectivity index (χ1) is 18.2. The standard InChI is InChI=1S/C31H44O4.C3H8/c1-5-10-25(27(6-2)29(34)15-20(3)32)16-22-17-26-14-13-24(21(4)31(26)30(35)18-22)19-28(33)23-11-8-7-9-12-23;1-3-2/h13-14,22-23,25,27H,5-12,15-19H2,1-4H3;3H2,1-2H3. The van der Waals surface area contributed by atoms with E-state index in [4.69, 9.17) is 0 Å². The number of hydrogen-bond acceptors (Lipinski definition) is 4. The van der Waals surface area contributed by atoms with Crippen molar-refractivity contribution in [3.05, 3.63) is 34.4 Å². The highest BCUT2D eigenvalue weighted by Gasteiger charge is 2.33. The quantitative estimate of drug-likeness (QED) is 0.258. The van der Waals surface area contributed by atoms with E-state index in [2.05, 4.69) is 32.9 Å². The van der Waals surface area contributed by atoms with Gasteiger partial charge in [-0.1, -0.05) is 78.4 Å². The van der Waals surface area contributed by atoms with E-state index in [0.717, 1.165) is 80.0 Å². The lowest BCUT2D eigenvalue weighted by molar-refractivity contribution is -0.130. The molecule has 4 nitrogen and oxygen atoms in total.